The molecule has 1 aromatic heterocycles. The predicted molar refractivity (Wildman–Crippen MR) is 73.8 cm³/mol. The molecule has 20 heavy (non-hydrogen) atoms. The number of rotatable bonds is 7. The molecule has 1 N–H and O–H groups in total. The summed E-state index contributed by atoms with van der Waals surface area (Å²) >= 11 is 5.53. The maximum absolute atomic E-state index is 12.6. The van der Waals surface area contributed by atoms with Gasteiger partial charge in [0.1, 0.15) is 5.82 Å². The summed E-state index contributed by atoms with van der Waals surface area (Å²) in [5, 5.41) is 2.52. The van der Waals surface area contributed by atoms with Crippen molar-refractivity contribution in [3.63, 3.8) is 0 Å². The molecule has 0 spiro atoms. The Morgan fingerprint density at radius 2 is 2.00 bits per heavy atom. The van der Waals surface area contributed by atoms with Gasteiger partial charge in [-0.1, -0.05) is 33.1 Å². The second-order valence-electron chi connectivity index (χ2n) is 4.70. The lowest BCUT2D eigenvalue weighted by molar-refractivity contribution is -0.141. The Morgan fingerprint density at radius 3 is 2.55 bits per heavy atom. The summed E-state index contributed by atoms with van der Waals surface area (Å²) in [6.07, 6.45) is -0.287. The lowest BCUT2D eigenvalue weighted by Crippen LogP contribution is -2.16. The highest BCUT2D eigenvalue weighted by Crippen LogP contribution is 2.29. The van der Waals surface area contributed by atoms with Crippen molar-refractivity contribution in [2.45, 2.75) is 45.7 Å². The summed E-state index contributed by atoms with van der Waals surface area (Å²) < 4.78 is 37.8. The molecule has 0 bridgehead atoms. The van der Waals surface area contributed by atoms with Gasteiger partial charge in [-0.15, -0.1) is 0 Å². The van der Waals surface area contributed by atoms with Crippen LogP contribution in [0.5, 0.6) is 0 Å². The highest BCUT2D eigenvalue weighted by atomic mass is 35.5. The molecule has 0 saturated carbocycles. The quantitative estimate of drug-likeness (QED) is 0.737. The van der Waals surface area contributed by atoms with Crippen molar-refractivity contribution in [1.82, 2.24) is 9.97 Å². The Kier molecular flexibility index (Phi) is 6.52. The summed E-state index contributed by atoms with van der Waals surface area (Å²) in [4.78, 5) is 6.97. The molecule has 1 atom stereocenters. The molecule has 0 aliphatic rings. The molecule has 0 aliphatic carbocycles. The van der Waals surface area contributed by atoms with Crippen molar-refractivity contribution in [2.24, 2.45) is 5.92 Å². The van der Waals surface area contributed by atoms with E-state index in [0.29, 0.717) is 12.5 Å². The monoisotopic (exact) mass is 309 g/mol. The average Bonchev–Trinajstić information content (AvgIpc) is 2.37. The summed E-state index contributed by atoms with van der Waals surface area (Å²) in [5.74, 6) is 0.533. The highest BCUT2D eigenvalue weighted by molar-refractivity contribution is 6.28. The first-order chi connectivity index (χ1) is 9.36. The zero-order valence-corrected chi connectivity index (χ0v) is 12.4. The van der Waals surface area contributed by atoms with Crippen molar-refractivity contribution in [1.29, 1.82) is 0 Å². The molecule has 0 radical (unpaired) electrons. The number of anilines is 1. The van der Waals surface area contributed by atoms with Crippen molar-refractivity contribution in [3.05, 3.63) is 17.0 Å². The highest BCUT2D eigenvalue weighted by Gasteiger charge is 2.33. The fraction of sp³-hybridized carbons (Fsp3) is 0.692. The standard InChI is InChI=1S/C13H19ClF3N3/c1-3-5-6-9(4-2)8-18-11-7-10(13(15,16)17)19-12(14)20-11/h7,9H,3-6,8H2,1-2H3,(H,18,19,20). The smallest absolute Gasteiger partial charge is 0.370 e. The topological polar surface area (TPSA) is 37.8 Å². The lowest BCUT2D eigenvalue weighted by atomic mass is 9.99. The van der Waals surface area contributed by atoms with E-state index in [9.17, 15) is 13.2 Å². The summed E-state index contributed by atoms with van der Waals surface area (Å²) in [6.45, 7) is 4.76. The van der Waals surface area contributed by atoms with Crippen LogP contribution in [-0.2, 0) is 6.18 Å². The van der Waals surface area contributed by atoms with Crippen LogP contribution in [0.4, 0.5) is 19.0 Å². The van der Waals surface area contributed by atoms with Crippen LogP contribution in [0, 0.1) is 5.92 Å². The van der Waals surface area contributed by atoms with E-state index in [1.54, 1.807) is 0 Å². The van der Waals surface area contributed by atoms with E-state index in [1.807, 2.05) is 0 Å². The Hall–Kier alpha value is -1.04. The molecular weight excluding hydrogens is 291 g/mol. The summed E-state index contributed by atoms with van der Waals surface area (Å²) in [6, 6.07) is 0.887. The first-order valence-corrected chi connectivity index (χ1v) is 7.10. The molecule has 1 heterocycles. The van der Waals surface area contributed by atoms with Gasteiger partial charge in [0, 0.05) is 12.6 Å². The molecule has 0 amide bonds. The van der Waals surface area contributed by atoms with Crippen molar-refractivity contribution in [2.75, 3.05) is 11.9 Å². The molecule has 1 aromatic rings. The van der Waals surface area contributed by atoms with Gasteiger partial charge in [-0.3, -0.25) is 0 Å². The second-order valence-corrected chi connectivity index (χ2v) is 5.04. The third kappa shape index (κ3) is 5.53. The molecule has 1 unspecified atom stereocenters. The maximum Gasteiger partial charge on any atom is 0.433 e. The van der Waals surface area contributed by atoms with Crippen LogP contribution in [0.25, 0.3) is 0 Å². The number of hydrogen-bond acceptors (Lipinski definition) is 3. The van der Waals surface area contributed by atoms with Gasteiger partial charge in [-0.05, 0) is 23.9 Å². The number of hydrogen-bond donors (Lipinski definition) is 1. The molecular formula is C13H19ClF3N3. The first kappa shape index (κ1) is 17.0. The maximum atomic E-state index is 12.6. The molecule has 114 valence electrons. The third-order valence-corrected chi connectivity index (χ3v) is 3.27. The van der Waals surface area contributed by atoms with E-state index >= 15 is 0 Å². The van der Waals surface area contributed by atoms with Gasteiger partial charge in [0.25, 0.3) is 0 Å². The fourth-order valence-corrected chi connectivity index (χ4v) is 2.03. The van der Waals surface area contributed by atoms with Crippen LogP contribution in [-0.4, -0.2) is 16.5 Å². The van der Waals surface area contributed by atoms with Crippen LogP contribution >= 0.6 is 11.6 Å². The average molecular weight is 310 g/mol. The van der Waals surface area contributed by atoms with Crippen LogP contribution in [0.15, 0.2) is 6.07 Å². The van der Waals surface area contributed by atoms with E-state index in [-0.39, 0.29) is 5.82 Å². The Morgan fingerprint density at radius 1 is 1.30 bits per heavy atom. The lowest BCUT2D eigenvalue weighted by Gasteiger charge is -2.16. The molecule has 0 aromatic carbocycles. The summed E-state index contributed by atoms with van der Waals surface area (Å²) in [7, 11) is 0. The van der Waals surface area contributed by atoms with E-state index in [2.05, 4.69) is 29.1 Å². The molecule has 0 fully saturated rings. The predicted octanol–water partition coefficient (Wildman–Crippen LogP) is 4.78. The van der Waals surface area contributed by atoms with Crippen LogP contribution < -0.4 is 5.32 Å². The number of aromatic nitrogens is 2. The second kappa shape index (κ2) is 7.67. The first-order valence-electron chi connectivity index (χ1n) is 6.72. The van der Waals surface area contributed by atoms with E-state index < -0.39 is 17.2 Å². The zero-order chi connectivity index (χ0) is 15.2. The molecule has 0 aliphatic heterocycles. The Bertz CT molecular complexity index is 424. The van der Waals surface area contributed by atoms with Gasteiger partial charge in [0.15, 0.2) is 5.69 Å². The minimum atomic E-state index is -4.52. The van der Waals surface area contributed by atoms with E-state index in [1.165, 1.54) is 0 Å². The number of halogens is 4. The van der Waals surface area contributed by atoms with Gasteiger partial charge in [-0.25, -0.2) is 9.97 Å². The van der Waals surface area contributed by atoms with E-state index in [0.717, 1.165) is 31.7 Å². The number of nitrogens with zero attached hydrogens (tertiary/aromatic N) is 2. The molecule has 1 rings (SSSR count). The molecule has 7 heteroatoms. The van der Waals surface area contributed by atoms with Crippen LogP contribution in [0.2, 0.25) is 5.28 Å². The normalized spacial score (nSPS) is 13.3. The minimum absolute atomic E-state index is 0.118. The number of unbranched alkanes of at least 4 members (excludes halogenated alkanes) is 1. The van der Waals surface area contributed by atoms with Gasteiger partial charge in [-0.2, -0.15) is 13.2 Å². The molecule has 0 saturated heterocycles. The van der Waals surface area contributed by atoms with E-state index in [4.69, 9.17) is 11.6 Å². The molecule has 3 nitrogen and oxygen atoms in total. The zero-order valence-electron chi connectivity index (χ0n) is 11.6. The number of nitrogens with one attached hydrogen (secondary N) is 1. The minimum Gasteiger partial charge on any atom is -0.370 e. The number of alkyl halides is 3. The van der Waals surface area contributed by atoms with Gasteiger partial charge in [0.05, 0.1) is 0 Å². The van der Waals surface area contributed by atoms with Gasteiger partial charge >= 0.3 is 6.18 Å². The SMILES string of the molecule is CCCCC(CC)CNc1cc(C(F)(F)F)nc(Cl)n1. The van der Waals surface area contributed by atoms with Gasteiger partial charge in [0.2, 0.25) is 5.28 Å². The Balaban J connectivity index is 2.70. The van der Waals surface area contributed by atoms with Gasteiger partial charge < -0.3 is 5.32 Å². The third-order valence-electron chi connectivity index (χ3n) is 3.10. The van der Waals surface area contributed by atoms with Crippen molar-refractivity contribution in [3.8, 4) is 0 Å². The van der Waals surface area contributed by atoms with Crippen LogP contribution in [0.1, 0.15) is 45.2 Å². The fourth-order valence-electron chi connectivity index (χ4n) is 1.85. The van der Waals surface area contributed by atoms with Crippen molar-refractivity contribution >= 4 is 17.4 Å². The van der Waals surface area contributed by atoms with Crippen LogP contribution in [0.3, 0.4) is 0 Å². The largest absolute Gasteiger partial charge is 0.433 e. The Labute approximate surface area is 122 Å². The summed E-state index contributed by atoms with van der Waals surface area (Å²) in [5.41, 5.74) is -1.03. The van der Waals surface area contributed by atoms with Crippen molar-refractivity contribution < 1.29 is 13.2 Å².